The number of aromatic nitrogens is 1. The highest BCUT2D eigenvalue weighted by atomic mass is 19.4. The molecule has 0 bridgehead atoms. The van der Waals surface area contributed by atoms with E-state index in [1.807, 2.05) is 6.92 Å². The van der Waals surface area contributed by atoms with Gasteiger partial charge < -0.3 is 9.73 Å². The van der Waals surface area contributed by atoms with E-state index in [0.29, 0.717) is 19.2 Å². The molecule has 3 nitrogen and oxygen atoms in total. The van der Waals surface area contributed by atoms with Crippen LogP contribution in [0.25, 0.3) is 0 Å². The Labute approximate surface area is 111 Å². The lowest BCUT2D eigenvalue weighted by Gasteiger charge is -2.20. The minimum Gasteiger partial charge on any atom is -0.445 e. The molecule has 1 aromatic heterocycles. The number of oxazole rings is 1. The van der Waals surface area contributed by atoms with Crippen molar-refractivity contribution in [1.29, 1.82) is 0 Å². The molecular weight excluding hydrogens is 290 g/mol. The molecule has 0 radical (unpaired) electrons. The second-order valence-electron chi connectivity index (χ2n) is 4.13. The maximum absolute atomic E-state index is 12.4. The molecule has 0 aliphatic heterocycles. The van der Waals surface area contributed by atoms with Crippen LogP contribution in [-0.4, -0.2) is 30.4 Å². The highest BCUT2D eigenvalue weighted by molar-refractivity contribution is 5.08. The molecule has 0 atom stereocenters. The van der Waals surface area contributed by atoms with Crippen LogP contribution in [-0.2, 0) is 6.42 Å². The Kier molecular flexibility index (Phi) is 5.43. The topological polar surface area (TPSA) is 38.1 Å². The molecule has 0 aliphatic rings. The summed E-state index contributed by atoms with van der Waals surface area (Å²) in [6.07, 6.45) is -9.74. The summed E-state index contributed by atoms with van der Waals surface area (Å²) in [5, 5.41) is 2.97. The number of hydrogen-bond acceptors (Lipinski definition) is 3. The van der Waals surface area contributed by atoms with Crippen LogP contribution >= 0.6 is 0 Å². The number of halogens is 6. The van der Waals surface area contributed by atoms with Gasteiger partial charge in [0.15, 0.2) is 5.89 Å². The van der Waals surface area contributed by atoms with Crippen molar-refractivity contribution in [3.63, 3.8) is 0 Å². The van der Waals surface area contributed by atoms with E-state index in [4.69, 9.17) is 0 Å². The maximum Gasteiger partial charge on any atom is 0.407 e. The lowest BCUT2D eigenvalue weighted by molar-refractivity contribution is -0.257. The molecule has 0 amide bonds. The predicted octanol–water partition coefficient (Wildman–Crippen LogP) is 3.42. The number of alkyl halides is 6. The smallest absolute Gasteiger partial charge is 0.407 e. The Morgan fingerprint density at radius 3 is 2.30 bits per heavy atom. The van der Waals surface area contributed by atoms with Gasteiger partial charge >= 0.3 is 12.4 Å². The van der Waals surface area contributed by atoms with Crippen molar-refractivity contribution in [3.05, 3.63) is 17.8 Å². The first-order valence-corrected chi connectivity index (χ1v) is 5.95. The number of hydrogen-bond donors (Lipinski definition) is 1. The van der Waals surface area contributed by atoms with Gasteiger partial charge in [0.2, 0.25) is 5.92 Å². The molecule has 1 heterocycles. The SMILES string of the molecule is CCNCCCc1ncc(C(C(F)(F)F)C(F)(F)F)o1. The van der Waals surface area contributed by atoms with Crippen LogP contribution in [0.4, 0.5) is 26.3 Å². The summed E-state index contributed by atoms with van der Waals surface area (Å²) in [5.41, 5.74) is 0. The highest BCUT2D eigenvalue weighted by Crippen LogP contribution is 2.46. The second kappa shape index (κ2) is 6.47. The monoisotopic (exact) mass is 304 g/mol. The largest absolute Gasteiger partial charge is 0.445 e. The van der Waals surface area contributed by atoms with Crippen LogP contribution in [0, 0.1) is 0 Å². The lowest BCUT2D eigenvalue weighted by atomic mass is 10.1. The third kappa shape index (κ3) is 4.69. The molecule has 0 saturated carbocycles. The fourth-order valence-electron chi connectivity index (χ4n) is 1.62. The van der Waals surface area contributed by atoms with Crippen molar-refractivity contribution < 1.29 is 30.8 Å². The van der Waals surface area contributed by atoms with Gasteiger partial charge in [0.1, 0.15) is 5.76 Å². The summed E-state index contributed by atoms with van der Waals surface area (Å²) in [5.74, 6) is -4.98. The van der Waals surface area contributed by atoms with Crippen LogP contribution in [0.2, 0.25) is 0 Å². The predicted molar refractivity (Wildman–Crippen MR) is 58.2 cm³/mol. The Hall–Kier alpha value is -1.25. The summed E-state index contributed by atoms with van der Waals surface area (Å²) in [6, 6.07) is 0. The molecule has 0 spiro atoms. The van der Waals surface area contributed by atoms with E-state index in [1.165, 1.54) is 0 Å². The Morgan fingerprint density at radius 2 is 1.80 bits per heavy atom. The van der Waals surface area contributed by atoms with Crippen LogP contribution < -0.4 is 5.32 Å². The Balaban J connectivity index is 2.77. The average molecular weight is 304 g/mol. The van der Waals surface area contributed by atoms with Gasteiger partial charge in [0.25, 0.3) is 0 Å². The third-order valence-electron chi connectivity index (χ3n) is 2.50. The van der Waals surface area contributed by atoms with Gasteiger partial charge in [-0.1, -0.05) is 6.92 Å². The molecule has 0 saturated heterocycles. The zero-order valence-electron chi connectivity index (χ0n) is 10.6. The summed E-state index contributed by atoms with van der Waals surface area (Å²) >= 11 is 0. The van der Waals surface area contributed by atoms with Crippen molar-refractivity contribution >= 4 is 0 Å². The molecule has 0 aliphatic carbocycles. The first-order valence-electron chi connectivity index (χ1n) is 5.95. The van der Waals surface area contributed by atoms with Gasteiger partial charge in [-0.2, -0.15) is 26.3 Å². The molecule has 20 heavy (non-hydrogen) atoms. The van der Waals surface area contributed by atoms with E-state index in [-0.39, 0.29) is 12.3 Å². The normalized spacial score (nSPS) is 13.2. The molecule has 1 rings (SSSR count). The number of aryl methyl sites for hydroxylation is 1. The highest BCUT2D eigenvalue weighted by Gasteiger charge is 2.59. The van der Waals surface area contributed by atoms with Crippen molar-refractivity contribution in [3.8, 4) is 0 Å². The van der Waals surface area contributed by atoms with Crippen molar-refractivity contribution in [2.45, 2.75) is 38.0 Å². The molecule has 0 aromatic carbocycles. The fourth-order valence-corrected chi connectivity index (χ4v) is 1.62. The molecule has 0 fully saturated rings. The van der Waals surface area contributed by atoms with Crippen molar-refractivity contribution in [1.82, 2.24) is 10.3 Å². The lowest BCUT2D eigenvalue weighted by Crippen LogP contribution is -2.33. The van der Waals surface area contributed by atoms with E-state index >= 15 is 0 Å². The third-order valence-corrected chi connectivity index (χ3v) is 2.50. The molecule has 9 heteroatoms. The first-order chi connectivity index (χ1) is 9.16. The summed E-state index contributed by atoms with van der Waals surface area (Å²) in [4.78, 5) is 3.47. The summed E-state index contributed by atoms with van der Waals surface area (Å²) in [6.45, 7) is 3.18. The van der Waals surface area contributed by atoms with Crippen LogP contribution in [0.15, 0.2) is 10.6 Å². The van der Waals surface area contributed by atoms with Gasteiger partial charge in [-0.25, -0.2) is 4.98 Å². The second-order valence-corrected chi connectivity index (χ2v) is 4.13. The minimum atomic E-state index is -5.46. The summed E-state index contributed by atoms with van der Waals surface area (Å²) < 4.78 is 79.3. The first kappa shape index (κ1) is 16.8. The van der Waals surface area contributed by atoms with Gasteiger partial charge in [0.05, 0.1) is 6.20 Å². The van der Waals surface area contributed by atoms with Crippen molar-refractivity contribution in [2.75, 3.05) is 13.1 Å². The fraction of sp³-hybridized carbons (Fsp3) is 0.727. The van der Waals surface area contributed by atoms with Gasteiger partial charge in [-0.3, -0.25) is 0 Å². The van der Waals surface area contributed by atoms with Crippen LogP contribution in [0.5, 0.6) is 0 Å². The van der Waals surface area contributed by atoms with E-state index in [1.54, 1.807) is 0 Å². The number of nitrogens with one attached hydrogen (secondary N) is 1. The quantitative estimate of drug-likeness (QED) is 0.646. The van der Waals surface area contributed by atoms with E-state index < -0.39 is 24.0 Å². The van der Waals surface area contributed by atoms with Crippen LogP contribution in [0.1, 0.15) is 30.9 Å². The van der Waals surface area contributed by atoms with Crippen molar-refractivity contribution in [2.24, 2.45) is 0 Å². The van der Waals surface area contributed by atoms with E-state index in [2.05, 4.69) is 14.7 Å². The summed E-state index contributed by atoms with van der Waals surface area (Å²) in [7, 11) is 0. The standard InChI is InChI=1S/C11H14F6N2O/c1-2-18-5-3-4-8-19-6-7(20-8)9(10(12,13)14)11(15,16)17/h6,9,18H,2-5H2,1H3. The Morgan fingerprint density at radius 1 is 1.20 bits per heavy atom. The zero-order chi connectivity index (χ0) is 15.4. The van der Waals surface area contributed by atoms with Gasteiger partial charge in [-0.05, 0) is 19.5 Å². The van der Waals surface area contributed by atoms with Gasteiger partial charge in [0, 0.05) is 6.42 Å². The Bertz CT molecular complexity index is 398. The number of nitrogens with zero attached hydrogens (tertiary/aromatic N) is 1. The van der Waals surface area contributed by atoms with Crippen LogP contribution in [0.3, 0.4) is 0 Å². The maximum atomic E-state index is 12.4. The molecular formula is C11H14F6N2O. The van der Waals surface area contributed by atoms with E-state index in [0.717, 1.165) is 6.54 Å². The van der Waals surface area contributed by atoms with Gasteiger partial charge in [-0.15, -0.1) is 0 Å². The zero-order valence-corrected chi connectivity index (χ0v) is 10.6. The molecule has 116 valence electrons. The molecule has 0 unspecified atom stereocenters. The molecule has 1 N–H and O–H groups in total. The van der Waals surface area contributed by atoms with E-state index in [9.17, 15) is 26.3 Å². The minimum absolute atomic E-state index is 0.128. The number of rotatable bonds is 6. The molecule has 1 aromatic rings. The average Bonchev–Trinajstić information content (AvgIpc) is 2.68.